The van der Waals surface area contributed by atoms with Gasteiger partial charge in [0.15, 0.2) is 0 Å². The van der Waals surface area contributed by atoms with E-state index in [1.165, 1.54) is 17.5 Å². The van der Waals surface area contributed by atoms with Crippen LogP contribution in [0.1, 0.15) is 58.6 Å². The number of amides is 1. The van der Waals surface area contributed by atoms with E-state index < -0.39 is 5.60 Å². The molecule has 0 radical (unpaired) electrons. The first-order chi connectivity index (χ1) is 10.8. The van der Waals surface area contributed by atoms with Crippen LogP contribution in [-0.2, 0) is 17.7 Å². The number of hydrogen-bond acceptors (Lipinski definition) is 3. The Bertz CT molecular complexity index is 549. The summed E-state index contributed by atoms with van der Waals surface area (Å²) in [5.74, 6) is 0. The van der Waals surface area contributed by atoms with Crippen molar-refractivity contribution in [3.63, 3.8) is 0 Å². The molecule has 0 bridgehead atoms. The molecule has 1 aliphatic rings. The van der Waals surface area contributed by atoms with Crippen LogP contribution in [0.5, 0.6) is 0 Å². The molecule has 4 nitrogen and oxygen atoms in total. The van der Waals surface area contributed by atoms with E-state index in [0.29, 0.717) is 12.6 Å². The number of fused-ring (bicyclic) bond motifs is 1. The zero-order chi connectivity index (χ0) is 17.0. The Hall–Kier alpha value is -1.71. The molecule has 23 heavy (non-hydrogen) atoms. The van der Waals surface area contributed by atoms with Gasteiger partial charge in [-0.2, -0.15) is 0 Å². The molecule has 4 heteroatoms. The summed E-state index contributed by atoms with van der Waals surface area (Å²) in [5.41, 5.74) is 3.24. The van der Waals surface area contributed by atoms with Gasteiger partial charge in [0, 0.05) is 24.8 Å². The summed E-state index contributed by atoms with van der Waals surface area (Å²) in [4.78, 5) is 14.1. The number of carbonyl (C=O) groups is 1. The number of anilines is 1. The zero-order valence-electron chi connectivity index (χ0n) is 15.1. The van der Waals surface area contributed by atoms with Gasteiger partial charge in [-0.3, -0.25) is 0 Å². The van der Waals surface area contributed by atoms with Crippen LogP contribution in [0.2, 0.25) is 0 Å². The van der Waals surface area contributed by atoms with E-state index >= 15 is 0 Å². The summed E-state index contributed by atoms with van der Waals surface area (Å²) in [6, 6.07) is 6.97. The van der Waals surface area contributed by atoms with Gasteiger partial charge in [0.05, 0.1) is 0 Å². The molecule has 0 spiro atoms. The Balaban J connectivity index is 2.05. The van der Waals surface area contributed by atoms with Gasteiger partial charge in [-0.05, 0) is 63.8 Å². The quantitative estimate of drug-likeness (QED) is 0.883. The second-order valence-electron chi connectivity index (χ2n) is 7.47. The summed E-state index contributed by atoms with van der Waals surface area (Å²) in [7, 11) is 0. The fraction of sp³-hybridized carbons (Fsp3) is 0.632. The third kappa shape index (κ3) is 5.15. The third-order valence-corrected chi connectivity index (χ3v) is 4.00. The standard InChI is InChI=1S/C19H30N2O2/c1-6-7-14(2)20-17-9-8-15-10-11-21(13-16(15)12-17)18(22)23-19(3,4)5/h8-9,12,14,20H,6-7,10-11,13H2,1-5H3. The molecule has 0 saturated heterocycles. The van der Waals surface area contributed by atoms with Crippen LogP contribution in [-0.4, -0.2) is 29.2 Å². The molecule has 0 fully saturated rings. The number of benzene rings is 1. The van der Waals surface area contributed by atoms with Crippen molar-refractivity contribution in [2.75, 3.05) is 11.9 Å². The average Bonchev–Trinajstić information content (AvgIpc) is 2.45. The van der Waals surface area contributed by atoms with E-state index in [-0.39, 0.29) is 6.09 Å². The Morgan fingerprint density at radius 1 is 1.35 bits per heavy atom. The lowest BCUT2D eigenvalue weighted by Crippen LogP contribution is -2.39. The van der Waals surface area contributed by atoms with Gasteiger partial charge in [-0.15, -0.1) is 0 Å². The van der Waals surface area contributed by atoms with Gasteiger partial charge in [-0.25, -0.2) is 4.79 Å². The highest BCUT2D eigenvalue weighted by molar-refractivity contribution is 5.69. The van der Waals surface area contributed by atoms with Gasteiger partial charge in [-0.1, -0.05) is 19.4 Å². The monoisotopic (exact) mass is 318 g/mol. The third-order valence-electron chi connectivity index (χ3n) is 4.00. The SMILES string of the molecule is CCCC(C)Nc1ccc2c(c1)CN(C(=O)OC(C)(C)C)CC2. The van der Waals surface area contributed by atoms with Gasteiger partial charge in [0.25, 0.3) is 0 Å². The van der Waals surface area contributed by atoms with Crippen LogP contribution < -0.4 is 5.32 Å². The molecule has 1 aromatic carbocycles. The van der Waals surface area contributed by atoms with Crippen molar-refractivity contribution >= 4 is 11.8 Å². The zero-order valence-corrected chi connectivity index (χ0v) is 15.1. The molecule has 2 rings (SSSR count). The smallest absolute Gasteiger partial charge is 0.410 e. The van der Waals surface area contributed by atoms with E-state index in [1.54, 1.807) is 4.90 Å². The summed E-state index contributed by atoms with van der Waals surface area (Å²) in [5, 5.41) is 3.54. The van der Waals surface area contributed by atoms with Gasteiger partial charge < -0.3 is 15.0 Å². The van der Waals surface area contributed by atoms with E-state index in [2.05, 4.69) is 37.4 Å². The van der Waals surface area contributed by atoms with Crippen molar-refractivity contribution in [2.24, 2.45) is 0 Å². The van der Waals surface area contributed by atoms with Crippen molar-refractivity contribution < 1.29 is 9.53 Å². The predicted molar refractivity (Wildman–Crippen MR) is 94.8 cm³/mol. The second-order valence-corrected chi connectivity index (χ2v) is 7.47. The second kappa shape index (κ2) is 7.24. The maximum Gasteiger partial charge on any atom is 0.410 e. The van der Waals surface area contributed by atoms with Crippen LogP contribution in [0.3, 0.4) is 0 Å². The fourth-order valence-electron chi connectivity index (χ4n) is 2.92. The van der Waals surface area contributed by atoms with Crippen molar-refractivity contribution in [1.82, 2.24) is 4.90 Å². The van der Waals surface area contributed by atoms with Crippen LogP contribution in [0.25, 0.3) is 0 Å². The number of nitrogens with zero attached hydrogens (tertiary/aromatic N) is 1. The van der Waals surface area contributed by atoms with Crippen molar-refractivity contribution in [1.29, 1.82) is 0 Å². The molecule has 0 aliphatic carbocycles. The highest BCUT2D eigenvalue weighted by atomic mass is 16.6. The first kappa shape index (κ1) is 17.6. The normalized spacial score (nSPS) is 15.8. The van der Waals surface area contributed by atoms with Crippen LogP contribution in [0, 0.1) is 0 Å². The lowest BCUT2D eigenvalue weighted by molar-refractivity contribution is 0.0224. The summed E-state index contributed by atoms with van der Waals surface area (Å²) in [6.45, 7) is 11.5. The first-order valence-corrected chi connectivity index (χ1v) is 8.64. The predicted octanol–water partition coefficient (Wildman–Crippen LogP) is 4.58. The van der Waals surface area contributed by atoms with Crippen molar-refractivity contribution in [3.05, 3.63) is 29.3 Å². The summed E-state index contributed by atoms with van der Waals surface area (Å²) < 4.78 is 5.49. The Morgan fingerprint density at radius 2 is 2.09 bits per heavy atom. The topological polar surface area (TPSA) is 41.6 Å². The van der Waals surface area contributed by atoms with Crippen molar-refractivity contribution in [3.8, 4) is 0 Å². The van der Waals surface area contributed by atoms with Gasteiger partial charge in [0.1, 0.15) is 5.60 Å². The minimum atomic E-state index is -0.448. The lowest BCUT2D eigenvalue weighted by Gasteiger charge is -2.31. The Kier molecular flexibility index (Phi) is 5.55. The van der Waals surface area contributed by atoms with E-state index in [9.17, 15) is 4.79 Å². The molecule has 1 aromatic rings. The largest absolute Gasteiger partial charge is 0.444 e. The number of rotatable bonds is 4. The number of nitrogens with one attached hydrogen (secondary N) is 1. The van der Waals surface area contributed by atoms with E-state index in [0.717, 1.165) is 25.1 Å². The Morgan fingerprint density at radius 3 is 2.74 bits per heavy atom. The molecule has 1 atom stereocenters. The molecular formula is C19H30N2O2. The van der Waals surface area contributed by atoms with Crippen LogP contribution >= 0.6 is 0 Å². The van der Waals surface area contributed by atoms with E-state index in [1.807, 2.05) is 20.8 Å². The molecule has 0 aromatic heterocycles. The minimum Gasteiger partial charge on any atom is -0.444 e. The molecule has 1 aliphatic heterocycles. The van der Waals surface area contributed by atoms with Crippen molar-refractivity contribution in [2.45, 2.75) is 72.1 Å². The summed E-state index contributed by atoms with van der Waals surface area (Å²) in [6.07, 6.45) is 2.99. The number of carbonyl (C=O) groups excluding carboxylic acids is 1. The first-order valence-electron chi connectivity index (χ1n) is 8.64. The highest BCUT2D eigenvalue weighted by Crippen LogP contribution is 2.24. The van der Waals surface area contributed by atoms with Crippen LogP contribution in [0.4, 0.5) is 10.5 Å². The number of ether oxygens (including phenoxy) is 1. The molecule has 128 valence electrons. The van der Waals surface area contributed by atoms with Crippen LogP contribution in [0.15, 0.2) is 18.2 Å². The molecule has 0 saturated carbocycles. The van der Waals surface area contributed by atoms with E-state index in [4.69, 9.17) is 4.74 Å². The highest BCUT2D eigenvalue weighted by Gasteiger charge is 2.25. The molecular weight excluding hydrogens is 288 g/mol. The maximum absolute atomic E-state index is 12.3. The fourth-order valence-corrected chi connectivity index (χ4v) is 2.92. The number of hydrogen-bond donors (Lipinski definition) is 1. The maximum atomic E-state index is 12.3. The average molecular weight is 318 g/mol. The lowest BCUT2D eigenvalue weighted by atomic mass is 9.99. The molecule has 1 unspecified atom stereocenters. The molecule has 1 N–H and O–H groups in total. The van der Waals surface area contributed by atoms with Gasteiger partial charge >= 0.3 is 6.09 Å². The molecule has 1 heterocycles. The summed E-state index contributed by atoms with van der Waals surface area (Å²) >= 11 is 0. The molecule has 1 amide bonds. The van der Waals surface area contributed by atoms with Gasteiger partial charge in [0.2, 0.25) is 0 Å². The minimum absolute atomic E-state index is 0.221. The Labute approximate surface area is 140 Å².